The lowest BCUT2D eigenvalue weighted by molar-refractivity contribution is 0.253. The Morgan fingerprint density at radius 1 is 1.14 bits per heavy atom. The van der Waals surface area contributed by atoms with Gasteiger partial charge in [-0.05, 0) is 24.3 Å². The van der Waals surface area contributed by atoms with E-state index in [2.05, 4.69) is 22.2 Å². The van der Waals surface area contributed by atoms with Crippen molar-refractivity contribution < 1.29 is 23.4 Å². The molecule has 1 aromatic heterocycles. The second-order valence-electron chi connectivity index (χ2n) is 5.90. The second kappa shape index (κ2) is 8.92. The van der Waals surface area contributed by atoms with Crippen LogP contribution >= 0.6 is 0 Å². The molecule has 0 saturated carbocycles. The number of carbonyl (C=O) groups excluding carboxylic acids is 1. The van der Waals surface area contributed by atoms with Gasteiger partial charge in [0.25, 0.3) is 0 Å². The summed E-state index contributed by atoms with van der Waals surface area (Å²) in [6.45, 7) is 3.77. The third-order valence-corrected chi connectivity index (χ3v) is 4.03. The second-order valence-corrected chi connectivity index (χ2v) is 5.90. The first-order valence-corrected chi connectivity index (χ1v) is 8.69. The minimum Gasteiger partial charge on any atom is -0.493 e. The third-order valence-electron chi connectivity index (χ3n) is 4.03. The monoisotopic (exact) mass is 397 g/mol. The zero-order valence-electron chi connectivity index (χ0n) is 16.0. The van der Waals surface area contributed by atoms with Gasteiger partial charge in [0.2, 0.25) is 0 Å². The van der Waals surface area contributed by atoms with Crippen molar-refractivity contribution in [3.05, 3.63) is 61.1 Å². The van der Waals surface area contributed by atoms with Gasteiger partial charge < -0.3 is 24.8 Å². The maximum Gasteiger partial charge on any atom is 0.319 e. The van der Waals surface area contributed by atoms with Gasteiger partial charge in [-0.25, -0.2) is 9.18 Å². The van der Waals surface area contributed by atoms with Gasteiger partial charge in [-0.15, -0.1) is 6.58 Å². The number of hydrogen-bond donors (Lipinski definition) is 2. The van der Waals surface area contributed by atoms with Crippen molar-refractivity contribution in [2.45, 2.75) is 0 Å². The van der Waals surface area contributed by atoms with E-state index in [4.69, 9.17) is 14.2 Å². The molecule has 2 aromatic carbocycles. The standard InChI is InChI=1S/C21H20FN3O4/c1-4-8-24-21(26)25-16-6-5-13(10-15(16)22)29-18-7-9-23-17-12-20(28-3)19(27-2)11-14(17)18/h4-7,9-12H,1,8H2,2-3H3,(H2,24,25,26). The lowest BCUT2D eigenvalue weighted by Crippen LogP contribution is -2.28. The largest absolute Gasteiger partial charge is 0.493 e. The van der Waals surface area contributed by atoms with Crippen molar-refractivity contribution in [3.63, 3.8) is 0 Å². The van der Waals surface area contributed by atoms with Gasteiger partial charge in [0.15, 0.2) is 11.5 Å². The predicted octanol–water partition coefficient (Wildman–Crippen LogP) is 4.49. The third kappa shape index (κ3) is 4.55. The molecular weight excluding hydrogens is 377 g/mol. The van der Waals surface area contributed by atoms with Gasteiger partial charge in [-0.2, -0.15) is 0 Å². The number of amides is 2. The maximum absolute atomic E-state index is 14.4. The van der Waals surface area contributed by atoms with Crippen LogP contribution in [0.15, 0.2) is 55.3 Å². The van der Waals surface area contributed by atoms with E-state index in [1.54, 1.807) is 37.6 Å². The van der Waals surface area contributed by atoms with Crippen molar-refractivity contribution in [3.8, 4) is 23.0 Å². The molecule has 2 amide bonds. The van der Waals surface area contributed by atoms with Crippen LogP contribution in [0.25, 0.3) is 10.9 Å². The molecule has 0 aliphatic carbocycles. The molecule has 29 heavy (non-hydrogen) atoms. The van der Waals surface area contributed by atoms with E-state index >= 15 is 0 Å². The van der Waals surface area contributed by atoms with Crippen LogP contribution in [0.5, 0.6) is 23.0 Å². The number of rotatable bonds is 7. The van der Waals surface area contributed by atoms with Crippen molar-refractivity contribution in [1.82, 2.24) is 10.3 Å². The summed E-state index contributed by atoms with van der Waals surface area (Å²) in [5.41, 5.74) is 0.669. The molecular formula is C21H20FN3O4. The Labute approximate surface area is 167 Å². The molecule has 150 valence electrons. The molecule has 0 atom stereocenters. The minimum atomic E-state index is -0.631. The molecule has 0 aliphatic rings. The van der Waals surface area contributed by atoms with E-state index in [9.17, 15) is 9.18 Å². The molecule has 0 aliphatic heterocycles. The van der Waals surface area contributed by atoms with Gasteiger partial charge in [0, 0.05) is 30.3 Å². The summed E-state index contributed by atoms with van der Waals surface area (Å²) >= 11 is 0. The Hall–Kier alpha value is -3.81. The highest BCUT2D eigenvalue weighted by Crippen LogP contribution is 2.37. The van der Waals surface area contributed by atoms with Gasteiger partial charge in [-0.1, -0.05) is 6.08 Å². The number of benzene rings is 2. The molecule has 2 N–H and O–H groups in total. The molecule has 0 spiro atoms. The molecule has 0 radical (unpaired) electrons. The van der Waals surface area contributed by atoms with Crippen molar-refractivity contribution in [2.75, 3.05) is 26.1 Å². The van der Waals surface area contributed by atoms with Crippen LogP contribution in [0.1, 0.15) is 0 Å². The number of halogens is 1. The summed E-state index contributed by atoms with van der Waals surface area (Å²) in [4.78, 5) is 16.0. The fourth-order valence-corrected chi connectivity index (χ4v) is 2.66. The number of anilines is 1. The average Bonchev–Trinajstić information content (AvgIpc) is 2.73. The zero-order chi connectivity index (χ0) is 20.8. The lowest BCUT2D eigenvalue weighted by Gasteiger charge is -2.13. The quantitative estimate of drug-likeness (QED) is 0.574. The van der Waals surface area contributed by atoms with Gasteiger partial charge >= 0.3 is 6.03 Å². The van der Waals surface area contributed by atoms with E-state index in [0.29, 0.717) is 28.2 Å². The Morgan fingerprint density at radius 2 is 1.90 bits per heavy atom. The van der Waals surface area contributed by atoms with Crippen molar-refractivity contribution in [1.29, 1.82) is 0 Å². The summed E-state index contributed by atoms with van der Waals surface area (Å²) in [5.74, 6) is 1.17. The van der Waals surface area contributed by atoms with E-state index < -0.39 is 11.8 Å². The number of nitrogens with one attached hydrogen (secondary N) is 2. The van der Waals surface area contributed by atoms with Gasteiger partial charge in [0.05, 0.1) is 25.4 Å². The van der Waals surface area contributed by atoms with E-state index in [-0.39, 0.29) is 18.0 Å². The number of methoxy groups -OCH3 is 2. The summed E-state index contributed by atoms with van der Waals surface area (Å²) < 4.78 is 30.8. The fraction of sp³-hybridized carbons (Fsp3) is 0.143. The van der Waals surface area contributed by atoms with Crippen molar-refractivity contribution >= 4 is 22.6 Å². The molecule has 0 saturated heterocycles. The first-order valence-electron chi connectivity index (χ1n) is 8.69. The molecule has 8 heteroatoms. The summed E-state index contributed by atoms with van der Waals surface area (Å²) in [6, 6.07) is 8.78. The summed E-state index contributed by atoms with van der Waals surface area (Å²) in [5, 5.41) is 5.61. The lowest BCUT2D eigenvalue weighted by atomic mass is 10.2. The number of ether oxygens (including phenoxy) is 3. The average molecular weight is 397 g/mol. The number of aromatic nitrogens is 1. The Kier molecular flexibility index (Phi) is 6.13. The maximum atomic E-state index is 14.4. The summed E-state index contributed by atoms with van der Waals surface area (Å²) in [6.07, 6.45) is 3.11. The molecule has 3 rings (SSSR count). The van der Waals surface area contributed by atoms with Crippen molar-refractivity contribution in [2.24, 2.45) is 0 Å². The number of urea groups is 1. The predicted molar refractivity (Wildman–Crippen MR) is 109 cm³/mol. The van der Waals surface area contributed by atoms with Crippen LogP contribution in [0.2, 0.25) is 0 Å². The number of pyridine rings is 1. The summed E-state index contributed by atoms with van der Waals surface area (Å²) in [7, 11) is 3.08. The SMILES string of the molecule is C=CCNC(=O)Nc1ccc(Oc2ccnc3cc(OC)c(OC)cc23)cc1F. The normalized spacial score (nSPS) is 10.3. The molecule has 0 fully saturated rings. The number of nitrogens with zero attached hydrogens (tertiary/aromatic N) is 1. The molecule has 0 bridgehead atoms. The smallest absolute Gasteiger partial charge is 0.319 e. The van der Waals surface area contributed by atoms with Gasteiger partial charge in [-0.3, -0.25) is 4.98 Å². The van der Waals surface area contributed by atoms with Crippen LogP contribution in [-0.4, -0.2) is 31.8 Å². The Bertz CT molecular complexity index is 1060. The van der Waals surface area contributed by atoms with E-state index in [0.717, 1.165) is 0 Å². The first kappa shape index (κ1) is 19.9. The molecule has 0 unspecified atom stereocenters. The molecule has 1 heterocycles. The Balaban J connectivity index is 1.86. The Morgan fingerprint density at radius 3 is 2.59 bits per heavy atom. The van der Waals surface area contributed by atoms with Gasteiger partial charge in [0.1, 0.15) is 17.3 Å². The fourth-order valence-electron chi connectivity index (χ4n) is 2.66. The van der Waals surface area contributed by atoms with Crippen LogP contribution < -0.4 is 24.8 Å². The minimum absolute atomic E-state index is 0.0323. The van der Waals surface area contributed by atoms with Crippen LogP contribution in [0.3, 0.4) is 0 Å². The highest BCUT2D eigenvalue weighted by molar-refractivity contribution is 5.90. The number of carbonyl (C=O) groups is 1. The molecule has 7 nitrogen and oxygen atoms in total. The first-order chi connectivity index (χ1) is 14.0. The topological polar surface area (TPSA) is 81.7 Å². The zero-order valence-corrected chi connectivity index (χ0v) is 16.0. The van der Waals surface area contributed by atoms with Crippen LogP contribution in [0.4, 0.5) is 14.9 Å². The van der Waals surface area contributed by atoms with E-state index in [1.807, 2.05) is 0 Å². The number of hydrogen-bond acceptors (Lipinski definition) is 5. The van der Waals surface area contributed by atoms with Crippen LogP contribution in [-0.2, 0) is 0 Å². The van der Waals surface area contributed by atoms with Crippen LogP contribution in [0, 0.1) is 5.82 Å². The highest BCUT2D eigenvalue weighted by Gasteiger charge is 2.13. The highest BCUT2D eigenvalue weighted by atomic mass is 19.1. The number of fused-ring (bicyclic) bond motifs is 1. The molecule has 3 aromatic rings. The van der Waals surface area contributed by atoms with E-state index in [1.165, 1.54) is 25.3 Å².